The number of aromatic nitrogens is 1. The van der Waals surface area contributed by atoms with Gasteiger partial charge in [0, 0.05) is 24.9 Å². The van der Waals surface area contributed by atoms with E-state index in [2.05, 4.69) is 15.6 Å². The second-order valence-electron chi connectivity index (χ2n) is 4.14. The van der Waals surface area contributed by atoms with E-state index < -0.39 is 0 Å². The molecule has 2 aromatic heterocycles. The number of nitrogens with zero attached hydrogens (tertiary/aromatic N) is 1. The molecular formula is C13H15N3O3S. The molecule has 7 heteroatoms. The van der Waals surface area contributed by atoms with Crippen LogP contribution < -0.4 is 10.6 Å². The molecule has 0 aliphatic carbocycles. The zero-order valence-electron chi connectivity index (χ0n) is 11.2. The van der Waals surface area contributed by atoms with Gasteiger partial charge in [-0.2, -0.15) is 0 Å². The Labute approximate surface area is 120 Å². The van der Waals surface area contributed by atoms with E-state index >= 15 is 0 Å². The number of thiazole rings is 1. The Kier molecular flexibility index (Phi) is 4.52. The van der Waals surface area contributed by atoms with E-state index in [0.29, 0.717) is 29.6 Å². The Morgan fingerprint density at radius 3 is 2.75 bits per heavy atom. The van der Waals surface area contributed by atoms with Crippen molar-refractivity contribution in [2.45, 2.75) is 13.8 Å². The molecule has 20 heavy (non-hydrogen) atoms. The zero-order chi connectivity index (χ0) is 14.5. The lowest BCUT2D eigenvalue weighted by Crippen LogP contribution is -2.34. The molecule has 2 amide bonds. The zero-order valence-corrected chi connectivity index (χ0v) is 12.0. The van der Waals surface area contributed by atoms with Crippen LogP contribution in [-0.2, 0) is 4.79 Å². The van der Waals surface area contributed by atoms with Crippen molar-refractivity contribution in [3.63, 3.8) is 0 Å². The largest absolute Gasteiger partial charge is 0.462 e. The molecule has 0 unspecified atom stereocenters. The van der Waals surface area contributed by atoms with Gasteiger partial charge in [0.1, 0.15) is 5.69 Å². The quantitative estimate of drug-likeness (QED) is 0.820. The topological polar surface area (TPSA) is 84.2 Å². The standard InChI is InChI=1S/C13H15N3O3S/c1-8-11(12(18)15-6-5-14-9(2)17)16-13(20-8)10-4-3-7-19-10/h3-4,7H,5-6H2,1-2H3,(H,14,17)(H,15,18). The molecule has 2 rings (SSSR count). The minimum Gasteiger partial charge on any atom is -0.462 e. The van der Waals surface area contributed by atoms with E-state index in [1.165, 1.54) is 18.3 Å². The van der Waals surface area contributed by atoms with Crippen LogP contribution in [0.2, 0.25) is 0 Å². The van der Waals surface area contributed by atoms with Crippen molar-refractivity contribution >= 4 is 23.2 Å². The fraction of sp³-hybridized carbons (Fsp3) is 0.308. The number of carbonyl (C=O) groups is 2. The Balaban J connectivity index is 1.98. The molecule has 0 bridgehead atoms. The number of amides is 2. The number of hydrogen-bond donors (Lipinski definition) is 2. The highest BCUT2D eigenvalue weighted by molar-refractivity contribution is 7.15. The number of aryl methyl sites for hydroxylation is 1. The third kappa shape index (κ3) is 3.45. The van der Waals surface area contributed by atoms with E-state index in [-0.39, 0.29) is 11.8 Å². The van der Waals surface area contributed by atoms with Gasteiger partial charge < -0.3 is 15.1 Å². The van der Waals surface area contributed by atoms with Crippen LogP contribution in [0, 0.1) is 6.92 Å². The molecule has 2 N–H and O–H groups in total. The maximum atomic E-state index is 12.0. The van der Waals surface area contributed by atoms with Crippen LogP contribution in [0.5, 0.6) is 0 Å². The maximum absolute atomic E-state index is 12.0. The summed E-state index contributed by atoms with van der Waals surface area (Å²) >= 11 is 1.41. The van der Waals surface area contributed by atoms with Crippen LogP contribution in [0.15, 0.2) is 22.8 Å². The van der Waals surface area contributed by atoms with E-state index in [1.54, 1.807) is 18.4 Å². The number of rotatable bonds is 5. The van der Waals surface area contributed by atoms with Crippen molar-refractivity contribution in [2.24, 2.45) is 0 Å². The third-order valence-corrected chi connectivity index (χ3v) is 3.51. The lowest BCUT2D eigenvalue weighted by atomic mass is 10.3. The lowest BCUT2D eigenvalue weighted by Gasteiger charge is -2.04. The number of furan rings is 1. The van der Waals surface area contributed by atoms with Gasteiger partial charge in [-0.25, -0.2) is 4.98 Å². The van der Waals surface area contributed by atoms with Crippen LogP contribution in [0.25, 0.3) is 10.8 Å². The normalized spacial score (nSPS) is 10.3. The molecule has 0 aliphatic rings. The van der Waals surface area contributed by atoms with Gasteiger partial charge in [-0.15, -0.1) is 11.3 Å². The summed E-state index contributed by atoms with van der Waals surface area (Å²) in [5, 5.41) is 6.00. The van der Waals surface area contributed by atoms with Crippen LogP contribution in [0.4, 0.5) is 0 Å². The Morgan fingerprint density at radius 1 is 1.35 bits per heavy atom. The predicted molar refractivity (Wildman–Crippen MR) is 75.6 cm³/mol. The van der Waals surface area contributed by atoms with Gasteiger partial charge in [0.15, 0.2) is 10.8 Å². The van der Waals surface area contributed by atoms with E-state index in [4.69, 9.17) is 4.42 Å². The summed E-state index contributed by atoms with van der Waals surface area (Å²) in [6.45, 7) is 4.04. The van der Waals surface area contributed by atoms with Gasteiger partial charge in [0.05, 0.1) is 6.26 Å². The second kappa shape index (κ2) is 6.33. The van der Waals surface area contributed by atoms with E-state index in [9.17, 15) is 9.59 Å². The van der Waals surface area contributed by atoms with Gasteiger partial charge >= 0.3 is 0 Å². The first-order chi connectivity index (χ1) is 9.58. The summed E-state index contributed by atoms with van der Waals surface area (Å²) in [5.74, 6) is 0.279. The summed E-state index contributed by atoms with van der Waals surface area (Å²) in [4.78, 5) is 27.8. The molecule has 0 saturated heterocycles. The summed E-state index contributed by atoms with van der Waals surface area (Å²) in [7, 11) is 0. The molecule has 6 nitrogen and oxygen atoms in total. The van der Waals surface area contributed by atoms with Gasteiger partial charge in [-0.05, 0) is 19.1 Å². The van der Waals surface area contributed by atoms with Crippen LogP contribution in [0.3, 0.4) is 0 Å². The minimum atomic E-state index is -0.248. The Bertz CT molecular complexity index is 604. The predicted octanol–water partition coefficient (Wildman–Crippen LogP) is 1.58. The van der Waals surface area contributed by atoms with Crippen LogP contribution in [0.1, 0.15) is 22.3 Å². The summed E-state index contributed by atoms with van der Waals surface area (Å²) in [6.07, 6.45) is 1.57. The molecule has 2 aromatic rings. The smallest absolute Gasteiger partial charge is 0.271 e. The van der Waals surface area contributed by atoms with Crippen molar-refractivity contribution in [2.75, 3.05) is 13.1 Å². The minimum absolute atomic E-state index is 0.121. The lowest BCUT2D eigenvalue weighted by molar-refractivity contribution is -0.118. The van der Waals surface area contributed by atoms with E-state index in [1.807, 2.05) is 6.92 Å². The average molecular weight is 293 g/mol. The molecule has 0 spiro atoms. The highest BCUT2D eigenvalue weighted by atomic mass is 32.1. The number of hydrogen-bond acceptors (Lipinski definition) is 5. The molecule has 0 atom stereocenters. The Morgan fingerprint density at radius 2 is 2.10 bits per heavy atom. The molecule has 0 radical (unpaired) electrons. The maximum Gasteiger partial charge on any atom is 0.271 e. The van der Waals surface area contributed by atoms with Crippen molar-refractivity contribution in [1.82, 2.24) is 15.6 Å². The molecule has 0 saturated carbocycles. The molecule has 0 fully saturated rings. The van der Waals surface area contributed by atoms with Crippen molar-refractivity contribution in [3.8, 4) is 10.8 Å². The highest BCUT2D eigenvalue weighted by Crippen LogP contribution is 2.27. The summed E-state index contributed by atoms with van der Waals surface area (Å²) in [5.41, 5.74) is 0.393. The second-order valence-corrected chi connectivity index (χ2v) is 5.34. The van der Waals surface area contributed by atoms with Gasteiger partial charge in [-0.1, -0.05) is 0 Å². The first-order valence-corrected chi connectivity index (χ1v) is 6.93. The fourth-order valence-corrected chi connectivity index (χ4v) is 2.49. The molecule has 0 aliphatic heterocycles. The summed E-state index contributed by atoms with van der Waals surface area (Å²) < 4.78 is 5.26. The van der Waals surface area contributed by atoms with E-state index in [0.717, 1.165) is 4.88 Å². The number of carbonyl (C=O) groups excluding carboxylic acids is 2. The van der Waals surface area contributed by atoms with Crippen LogP contribution >= 0.6 is 11.3 Å². The van der Waals surface area contributed by atoms with Gasteiger partial charge in [-0.3, -0.25) is 9.59 Å². The first kappa shape index (κ1) is 14.3. The highest BCUT2D eigenvalue weighted by Gasteiger charge is 2.17. The van der Waals surface area contributed by atoms with Gasteiger partial charge in [0.25, 0.3) is 5.91 Å². The van der Waals surface area contributed by atoms with Crippen molar-refractivity contribution < 1.29 is 14.0 Å². The Hall–Kier alpha value is -2.15. The number of nitrogens with one attached hydrogen (secondary N) is 2. The molecular weight excluding hydrogens is 278 g/mol. The molecule has 0 aromatic carbocycles. The first-order valence-electron chi connectivity index (χ1n) is 6.12. The van der Waals surface area contributed by atoms with Crippen molar-refractivity contribution in [1.29, 1.82) is 0 Å². The fourth-order valence-electron chi connectivity index (χ4n) is 1.61. The SMILES string of the molecule is CC(=O)NCCNC(=O)c1nc(-c2ccco2)sc1C. The van der Waals surface area contributed by atoms with Gasteiger partial charge in [0.2, 0.25) is 5.91 Å². The third-order valence-electron chi connectivity index (χ3n) is 2.53. The van der Waals surface area contributed by atoms with Crippen LogP contribution in [-0.4, -0.2) is 29.9 Å². The molecule has 2 heterocycles. The average Bonchev–Trinajstić information content (AvgIpc) is 3.02. The monoisotopic (exact) mass is 293 g/mol. The summed E-state index contributed by atoms with van der Waals surface area (Å²) in [6, 6.07) is 3.58. The van der Waals surface area contributed by atoms with Crippen molar-refractivity contribution in [3.05, 3.63) is 29.0 Å². The molecule has 106 valence electrons.